The van der Waals surface area contributed by atoms with Crippen molar-refractivity contribution in [2.75, 3.05) is 6.61 Å². The van der Waals surface area contributed by atoms with Crippen LogP contribution in [0.5, 0.6) is 0 Å². The van der Waals surface area contributed by atoms with Gasteiger partial charge in [-0.2, -0.15) is 10.2 Å². The summed E-state index contributed by atoms with van der Waals surface area (Å²) in [5.74, 6) is -0.375. The average Bonchev–Trinajstić information content (AvgIpc) is 3.94. The molecule has 18 heteroatoms. The number of carbonyl (C=O) groups is 2. The predicted octanol–water partition coefficient (Wildman–Crippen LogP) is 8.39. The second-order valence-electron chi connectivity index (χ2n) is 16.5. The number of hydrogen-bond acceptors (Lipinski definition) is 9. The summed E-state index contributed by atoms with van der Waals surface area (Å²) in [4.78, 5) is 47.0. The fraction of sp³-hybridized carbons (Fsp3) is 0.333. The maximum absolute atomic E-state index is 13.0. The van der Waals surface area contributed by atoms with E-state index in [1.165, 1.54) is 0 Å². The van der Waals surface area contributed by atoms with E-state index in [1.54, 1.807) is 34.2 Å². The lowest BCUT2D eigenvalue weighted by molar-refractivity contribution is 0.0890. The molecule has 8 rings (SSSR count). The number of halogens is 2. The fourth-order valence-corrected chi connectivity index (χ4v) is 7.76. The second-order valence-corrected chi connectivity index (χ2v) is 23.0. The Morgan fingerprint density at radius 3 is 1.87 bits per heavy atom. The number of hydrogen-bond donors (Lipinski definition) is 3. The molecular weight excluding hydrogens is 820 g/mol. The van der Waals surface area contributed by atoms with Crippen LogP contribution in [0.4, 0.5) is 0 Å². The van der Waals surface area contributed by atoms with Crippen LogP contribution in [0.2, 0.25) is 35.7 Å². The summed E-state index contributed by atoms with van der Waals surface area (Å²) in [7, 11) is 2.53. The Morgan fingerprint density at radius 2 is 1.32 bits per heavy atom. The lowest BCUT2D eigenvalue weighted by Crippen LogP contribution is -2.30. The van der Waals surface area contributed by atoms with Crippen molar-refractivity contribution < 1.29 is 14.3 Å². The highest BCUT2D eigenvalue weighted by Gasteiger charge is 2.22. The van der Waals surface area contributed by atoms with Crippen molar-refractivity contribution in [3.8, 4) is 22.8 Å². The quantitative estimate of drug-likeness (QED) is 0.0852. The number of ether oxygens (including phenoxy) is 1. The van der Waals surface area contributed by atoms with E-state index in [9.17, 15) is 9.59 Å². The smallest absolute Gasteiger partial charge is 0.255 e. The van der Waals surface area contributed by atoms with Gasteiger partial charge in [-0.15, -0.1) is 0 Å². The number of aryl methyl sites for hydroxylation is 2. The normalized spacial score (nSPS) is 11.9. The zero-order valence-corrected chi connectivity index (χ0v) is 37.6. The molecule has 0 aliphatic carbocycles. The van der Waals surface area contributed by atoms with E-state index in [2.05, 4.69) is 60.4 Å². The van der Waals surface area contributed by atoms with Gasteiger partial charge in [0.15, 0.2) is 11.3 Å². The third-order valence-corrected chi connectivity index (χ3v) is 11.8. The number of rotatable bonds is 11. The first-order valence-electron chi connectivity index (χ1n) is 19.6. The van der Waals surface area contributed by atoms with Gasteiger partial charge < -0.3 is 24.9 Å². The van der Waals surface area contributed by atoms with Crippen molar-refractivity contribution in [3.05, 3.63) is 82.4 Å². The Morgan fingerprint density at radius 1 is 0.783 bits per heavy atom. The number of nitrogens with one attached hydrogen (secondary N) is 3. The molecule has 3 N–H and O–H groups in total. The van der Waals surface area contributed by atoms with Gasteiger partial charge in [-0.3, -0.25) is 19.0 Å². The molecule has 2 aromatic carbocycles. The average molecular weight is 868 g/mol. The molecule has 0 fully saturated rings. The fourth-order valence-electron chi connectivity index (χ4n) is 6.67. The van der Waals surface area contributed by atoms with Crippen molar-refractivity contribution in [2.24, 2.45) is 14.1 Å². The molecule has 312 valence electrons. The highest BCUT2D eigenvalue weighted by atomic mass is 35.5. The van der Waals surface area contributed by atoms with E-state index in [-0.39, 0.29) is 23.9 Å². The molecule has 0 bridgehead atoms. The van der Waals surface area contributed by atoms with Crippen LogP contribution in [0, 0.1) is 0 Å². The summed E-state index contributed by atoms with van der Waals surface area (Å²) < 4.78 is 11.3. The number of amides is 2. The van der Waals surface area contributed by atoms with Gasteiger partial charge >= 0.3 is 0 Å². The zero-order valence-electron chi connectivity index (χ0n) is 35.1. The lowest BCUT2D eigenvalue weighted by Gasteiger charge is -2.15. The highest BCUT2D eigenvalue weighted by molar-refractivity contribution is 6.76. The number of H-pyrrole nitrogens is 1. The summed E-state index contributed by atoms with van der Waals surface area (Å²) in [6.45, 7) is 15.6. The van der Waals surface area contributed by atoms with Crippen LogP contribution in [-0.2, 0) is 25.6 Å². The van der Waals surface area contributed by atoms with Crippen molar-refractivity contribution in [3.63, 3.8) is 0 Å². The standard InChI is InChI=1S/C24H31ClN6O2Si.C18H17ClN6O/c1-15(2)27-24(32)18-13-31(14-33-9-10-34(4,5)6)23-22(18)28-19(12-26-23)21-17-8-7-16(25)11-20(17)30(3)29-21;1-9(2)22-18(26)12-7-20-17-16(12)23-13(8-21-17)15-11-5-4-10(19)6-14(11)25(3)24-15/h7-8,11-13,15H,9-10,14H2,1-6H3,(H,27,32);4-9H,1-3H3,(H,20,21)(H,22,26). The first-order valence-corrected chi connectivity index (χ1v) is 24.1. The van der Waals surface area contributed by atoms with Gasteiger partial charge in [0.1, 0.15) is 40.5 Å². The van der Waals surface area contributed by atoms with Crippen LogP contribution in [0.3, 0.4) is 0 Å². The van der Waals surface area contributed by atoms with E-state index in [0.717, 1.165) is 27.8 Å². The Bertz CT molecular complexity index is 2890. The van der Waals surface area contributed by atoms with E-state index >= 15 is 0 Å². The van der Waals surface area contributed by atoms with Gasteiger partial charge in [0.25, 0.3) is 11.8 Å². The molecular formula is C42H48Cl2N12O3Si. The Hall–Kier alpha value is -5.68. The molecule has 60 heavy (non-hydrogen) atoms. The SMILES string of the molecule is CC(C)NC(=O)c1c[nH]c2ncc(-c3nn(C)c4cc(Cl)ccc34)nc12.CC(C)NC(=O)c1cn(COCC[Si](C)(C)C)c2ncc(-c3nn(C)c4cc(Cl)ccc34)nc12. The number of aromatic nitrogens is 10. The minimum atomic E-state index is -1.19. The Balaban J connectivity index is 0.000000188. The molecule has 0 saturated carbocycles. The van der Waals surface area contributed by atoms with Crippen LogP contribution >= 0.6 is 23.2 Å². The van der Waals surface area contributed by atoms with Crippen LogP contribution < -0.4 is 10.6 Å². The van der Waals surface area contributed by atoms with Gasteiger partial charge in [0, 0.05) is 74.1 Å². The molecule has 6 aromatic heterocycles. The van der Waals surface area contributed by atoms with E-state index < -0.39 is 8.07 Å². The summed E-state index contributed by atoms with van der Waals surface area (Å²) >= 11 is 12.3. The van der Waals surface area contributed by atoms with Crippen molar-refractivity contribution in [2.45, 2.75) is 72.2 Å². The lowest BCUT2D eigenvalue weighted by atomic mass is 10.1. The third-order valence-electron chi connectivity index (χ3n) is 9.61. The number of fused-ring (bicyclic) bond motifs is 4. The Labute approximate surface area is 357 Å². The largest absolute Gasteiger partial charge is 0.361 e. The number of nitrogens with zero attached hydrogens (tertiary/aromatic N) is 9. The van der Waals surface area contributed by atoms with Crippen molar-refractivity contribution in [1.82, 2.24) is 59.7 Å². The van der Waals surface area contributed by atoms with Crippen molar-refractivity contribution >= 4 is 87.2 Å². The third kappa shape index (κ3) is 9.06. The van der Waals surface area contributed by atoms with Crippen LogP contribution in [-0.4, -0.2) is 87.6 Å². The van der Waals surface area contributed by atoms with Crippen LogP contribution in [0.15, 0.2) is 61.2 Å². The van der Waals surface area contributed by atoms with E-state index in [4.69, 9.17) is 32.9 Å². The zero-order chi connectivity index (χ0) is 43.0. The molecule has 0 spiro atoms. The minimum Gasteiger partial charge on any atom is -0.361 e. The molecule has 0 aliphatic rings. The van der Waals surface area contributed by atoms with Crippen LogP contribution in [0.1, 0.15) is 48.4 Å². The summed E-state index contributed by atoms with van der Waals surface area (Å²) in [5, 5.41) is 18.2. The first-order chi connectivity index (χ1) is 28.5. The molecule has 0 atom stereocenters. The Kier molecular flexibility index (Phi) is 12.1. The monoisotopic (exact) mass is 866 g/mol. The minimum absolute atomic E-state index is 0.000446. The summed E-state index contributed by atoms with van der Waals surface area (Å²) in [6, 6.07) is 12.3. The summed E-state index contributed by atoms with van der Waals surface area (Å²) in [5.41, 5.74) is 7.53. The highest BCUT2D eigenvalue weighted by Crippen LogP contribution is 2.31. The maximum Gasteiger partial charge on any atom is 0.255 e. The molecule has 2 amide bonds. The van der Waals surface area contributed by atoms with E-state index in [1.807, 2.05) is 82.8 Å². The van der Waals surface area contributed by atoms with Gasteiger partial charge in [0.2, 0.25) is 0 Å². The predicted molar refractivity (Wildman–Crippen MR) is 240 cm³/mol. The topological polar surface area (TPSA) is 175 Å². The van der Waals surface area contributed by atoms with Gasteiger partial charge in [-0.05, 0) is 70.1 Å². The number of aromatic amines is 1. The first kappa shape index (κ1) is 42.4. The number of benzene rings is 2. The molecule has 0 saturated heterocycles. The van der Waals surface area contributed by atoms with Crippen molar-refractivity contribution in [1.29, 1.82) is 0 Å². The molecule has 0 unspecified atom stereocenters. The van der Waals surface area contributed by atoms with Gasteiger partial charge in [-0.1, -0.05) is 42.8 Å². The van der Waals surface area contributed by atoms with E-state index in [0.29, 0.717) is 79.6 Å². The molecule has 6 heterocycles. The van der Waals surface area contributed by atoms with Crippen LogP contribution in [0.25, 0.3) is 66.9 Å². The molecule has 0 radical (unpaired) electrons. The number of carbonyl (C=O) groups excluding carboxylic acids is 2. The summed E-state index contributed by atoms with van der Waals surface area (Å²) in [6.07, 6.45) is 6.75. The van der Waals surface area contributed by atoms with Gasteiger partial charge in [0.05, 0.1) is 34.6 Å². The molecule has 0 aliphatic heterocycles. The molecule has 8 aromatic rings. The van der Waals surface area contributed by atoms with Gasteiger partial charge in [-0.25, -0.2) is 19.9 Å². The second kappa shape index (κ2) is 17.1. The molecule has 15 nitrogen and oxygen atoms in total. The maximum atomic E-state index is 13.0.